The molecule has 0 amide bonds. The van der Waals surface area contributed by atoms with Crippen LogP contribution < -0.4 is 5.32 Å². The van der Waals surface area contributed by atoms with E-state index in [0.29, 0.717) is 0 Å². The lowest BCUT2D eigenvalue weighted by Crippen LogP contribution is -2.49. The number of rotatable bonds is 4. The maximum absolute atomic E-state index is 10.4. The van der Waals surface area contributed by atoms with Crippen LogP contribution in [-0.2, 0) is 6.54 Å². The smallest absolute Gasteiger partial charge is 0.0868 e. The third kappa shape index (κ3) is 3.84. The maximum Gasteiger partial charge on any atom is 0.0868 e. The molecular weight excluding hydrogens is 260 g/mol. The Labute approximate surface area is 126 Å². The van der Waals surface area contributed by atoms with Crippen molar-refractivity contribution in [3.8, 4) is 0 Å². The Morgan fingerprint density at radius 3 is 2.33 bits per heavy atom. The summed E-state index contributed by atoms with van der Waals surface area (Å²) >= 11 is 0. The Kier molecular flexibility index (Phi) is 4.53. The number of β-amino-alcohol motifs (C(OH)–C–C–N with tert-alkyl or cyclic N) is 1. The van der Waals surface area contributed by atoms with Gasteiger partial charge in [-0.3, -0.25) is 4.90 Å². The summed E-state index contributed by atoms with van der Waals surface area (Å²) in [5.74, 6) is 0. The van der Waals surface area contributed by atoms with Gasteiger partial charge in [0.05, 0.1) is 12.1 Å². The quantitative estimate of drug-likeness (QED) is 0.905. The second-order valence-corrected chi connectivity index (χ2v) is 5.69. The van der Waals surface area contributed by atoms with E-state index in [2.05, 4.69) is 34.5 Å². The number of piperidine rings is 1. The van der Waals surface area contributed by atoms with Crippen LogP contribution in [-0.4, -0.2) is 35.2 Å². The molecule has 1 aliphatic heterocycles. The minimum Gasteiger partial charge on any atom is -0.390 e. The number of nitrogens with zero attached hydrogens (tertiary/aromatic N) is 1. The van der Waals surface area contributed by atoms with Gasteiger partial charge in [-0.05, 0) is 24.1 Å². The molecule has 1 fully saturated rings. The molecule has 0 radical (unpaired) electrons. The third-order valence-electron chi connectivity index (χ3n) is 4.04. The Balaban J connectivity index is 1.54. The first-order chi connectivity index (χ1) is 10.3. The Morgan fingerprint density at radius 2 is 1.67 bits per heavy atom. The number of aliphatic hydroxyl groups excluding tert-OH is 1. The fourth-order valence-electron chi connectivity index (χ4n) is 2.90. The summed E-state index contributed by atoms with van der Waals surface area (Å²) in [7, 11) is 0. The highest BCUT2D eigenvalue weighted by Crippen LogP contribution is 2.18. The van der Waals surface area contributed by atoms with Crippen LogP contribution in [0.5, 0.6) is 0 Å². The Bertz CT molecular complexity index is 544. The van der Waals surface area contributed by atoms with Gasteiger partial charge in [-0.15, -0.1) is 0 Å². The van der Waals surface area contributed by atoms with E-state index in [1.165, 1.54) is 5.56 Å². The molecule has 3 heteroatoms. The topological polar surface area (TPSA) is 35.5 Å². The van der Waals surface area contributed by atoms with Crippen molar-refractivity contribution >= 4 is 5.69 Å². The molecule has 2 aromatic rings. The van der Waals surface area contributed by atoms with E-state index in [9.17, 15) is 5.11 Å². The van der Waals surface area contributed by atoms with Gasteiger partial charge in [0.25, 0.3) is 0 Å². The van der Waals surface area contributed by atoms with Crippen LogP contribution in [0.3, 0.4) is 0 Å². The van der Waals surface area contributed by atoms with Crippen molar-refractivity contribution in [1.82, 2.24) is 4.90 Å². The third-order valence-corrected chi connectivity index (χ3v) is 4.04. The number of nitrogens with one attached hydrogen (secondary N) is 1. The SMILES string of the molecule is OC1CN(Cc2ccccc2)CCC1Nc1ccccc1. The molecule has 0 aromatic heterocycles. The van der Waals surface area contributed by atoms with Crippen LogP contribution in [0.1, 0.15) is 12.0 Å². The fraction of sp³-hybridized carbons (Fsp3) is 0.333. The van der Waals surface area contributed by atoms with E-state index in [1.807, 2.05) is 36.4 Å². The van der Waals surface area contributed by atoms with Crippen molar-refractivity contribution in [3.05, 3.63) is 66.2 Å². The number of hydrogen-bond donors (Lipinski definition) is 2. The highest BCUT2D eigenvalue weighted by Gasteiger charge is 2.27. The van der Waals surface area contributed by atoms with Gasteiger partial charge in [-0.2, -0.15) is 0 Å². The average molecular weight is 282 g/mol. The first kappa shape index (κ1) is 14.1. The van der Waals surface area contributed by atoms with E-state index in [4.69, 9.17) is 0 Å². The zero-order valence-corrected chi connectivity index (χ0v) is 12.2. The monoisotopic (exact) mass is 282 g/mol. The molecular formula is C18H22N2O. The molecule has 0 aliphatic carbocycles. The predicted octanol–water partition coefficient (Wildman–Crippen LogP) is 2.73. The average Bonchev–Trinajstić information content (AvgIpc) is 2.52. The van der Waals surface area contributed by atoms with E-state index >= 15 is 0 Å². The number of para-hydroxylation sites is 1. The largest absolute Gasteiger partial charge is 0.390 e. The normalized spacial score (nSPS) is 22.9. The summed E-state index contributed by atoms with van der Waals surface area (Å²) in [6, 6.07) is 20.7. The fourth-order valence-corrected chi connectivity index (χ4v) is 2.90. The second-order valence-electron chi connectivity index (χ2n) is 5.69. The second kappa shape index (κ2) is 6.74. The van der Waals surface area contributed by atoms with Gasteiger partial charge < -0.3 is 10.4 Å². The van der Waals surface area contributed by atoms with Gasteiger partial charge in [0.2, 0.25) is 0 Å². The molecule has 2 atom stereocenters. The molecule has 3 nitrogen and oxygen atoms in total. The first-order valence-corrected chi connectivity index (χ1v) is 7.57. The van der Waals surface area contributed by atoms with Crippen molar-refractivity contribution in [3.63, 3.8) is 0 Å². The highest BCUT2D eigenvalue weighted by atomic mass is 16.3. The molecule has 0 spiro atoms. The zero-order chi connectivity index (χ0) is 14.5. The molecule has 2 aromatic carbocycles. The van der Waals surface area contributed by atoms with Crippen LogP contribution in [0, 0.1) is 0 Å². The lowest BCUT2D eigenvalue weighted by Gasteiger charge is -2.36. The Hall–Kier alpha value is -1.84. The molecule has 2 unspecified atom stereocenters. The summed E-state index contributed by atoms with van der Waals surface area (Å²) in [6.45, 7) is 2.64. The van der Waals surface area contributed by atoms with E-state index in [1.54, 1.807) is 0 Å². The summed E-state index contributed by atoms with van der Waals surface area (Å²) in [6.07, 6.45) is 0.630. The van der Waals surface area contributed by atoms with Gasteiger partial charge in [-0.25, -0.2) is 0 Å². The number of aliphatic hydroxyl groups is 1. The number of anilines is 1. The van der Waals surface area contributed by atoms with E-state index in [-0.39, 0.29) is 12.1 Å². The van der Waals surface area contributed by atoms with E-state index in [0.717, 1.165) is 31.7 Å². The number of likely N-dealkylation sites (tertiary alicyclic amines) is 1. The summed E-state index contributed by atoms with van der Waals surface area (Å²) in [5.41, 5.74) is 2.39. The predicted molar refractivity (Wildman–Crippen MR) is 86.2 cm³/mol. The zero-order valence-electron chi connectivity index (χ0n) is 12.2. The molecule has 1 saturated heterocycles. The standard InChI is InChI=1S/C18H22N2O/c21-18-14-20(13-15-7-3-1-4-8-15)12-11-17(18)19-16-9-5-2-6-10-16/h1-10,17-19,21H,11-14H2. The molecule has 2 N–H and O–H groups in total. The number of benzene rings is 2. The summed E-state index contributed by atoms with van der Waals surface area (Å²) < 4.78 is 0. The van der Waals surface area contributed by atoms with Crippen LogP contribution in [0.2, 0.25) is 0 Å². The molecule has 110 valence electrons. The minimum atomic E-state index is -0.331. The first-order valence-electron chi connectivity index (χ1n) is 7.57. The van der Waals surface area contributed by atoms with Crippen LogP contribution in [0.4, 0.5) is 5.69 Å². The van der Waals surface area contributed by atoms with Crippen molar-refractivity contribution in [1.29, 1.82) is 0 Å². The van der Waals surface area contributed by atoms with Crippen molar-refractivity contribution in [2.24, 2.45) is 0 Å². The van der Waals surface area contributed by atoms with Crippen LogP contribution >= 0.6 is 0 Å². The van der Waals surface area contributed by atoms with E-state index < -0.39 is 0 Å². The lowest BCUT2D eigenvalue weighted by molar-refractivity contribution is 0.0562. The minimum absolute atomic E-state index is 0.138. The summed E-state index contributed by atoms with van der Waals surface area (Å²) in [4.78, 5) is 2.32. The highest BCUT2D eigenvalue weighted by molar-refractivity contribution is 5.43. The molecule has 1 aliphatic rings. The molecule has 1 heterocycles. The van der Waals surface area contributed by atoms with Gasteiger partial charge in [-0.1, -0.05) is 48.5 Å². The van der Waals surface area contributed by atoms with Gasteiger partial charge in [0, 0.05) is 25.3 Å². The van der Waals surface area contributed by atoms with Gasteiger partial charge in [0.15, 0.2) is 0 Å². The van der Waals surface area contributed by atoms with Gasteiger partial charge >= 0.3 is 0 Å². The maximum atomic E-state index is 10.4. The van der Waals surface area contributed by atoms with Gasteiger partial charge in [0.1, 0.15) is 0 Å². The Morgan fingerprint density at radius 1 is 1.00 bits per heavy atom. The molecule has 3 rings (SSSR count). The van der Waals surface area contributed by atoms with Crippen LogP contribution in [0.25, 0.3) is 0 Å². The number of hydrogen-bond acceptors (Lipinski definition) is 3. The van der Waals surface area contributed by atoms with Crippen molar-refractivity contribution < 1.29 is 5.11 Å². The summed E-state index contributed by atoms with van der Waals surface area (Å²) in [5, 5.41) is 13.8. The van der Waals surface area contributed by atoms with Crippen molar-refractivity contribution in [2.45, 2.75) is 25.1 Å². The molecule has 0 saturated carbocycles. The molecule has 21 heavy (non-hydrogen) atoms. The molecule has 0 bridgehead atoms. The van der Waals surface area contributed by atoms with Crippen LogP contribution in [0.15, 0.2) is 60.7 Å². The van der Waals surface area contributed by atoms with Crippen molar-refractivity contribution in [2.75, 3.05) is 18.4 Å². The lowest BCUT2D eigenvalue weighted by atomic mass is 10.0.